The number of aryl methyl sites for hydroxylation is 1. The molecule has 5 nitrogen and oxygen atoms in total. The third-order valence-electron chi connectivity index (χ3n) is 3.29. The van der Waals surface area contributed by atoms with Crippen molar-refractivity contribution in [3.63, 3.8) is 0 Å². The van der Waals surface area contributed by atoms with E-state index < -0.39 is 0 Å². The van der Waals surface area contributed by atoms with Crippen LogP contribution < -0.4 is 0 Å². The molecule has 23 heavy (non-hydrogen) atoms. The predicted octanol–water partition coefficient (Wildman–Crippen LogP) is 4.49. The van der Waals surface area contributed by atoms with Gasteiger partial charge in [-0.3, -0.25) is 0 Å². The van der Waals surface area contributed by atoms with Gasteiger partial charge in [0.05, 0.1) is 5.75 Å². The predicted molar refractivity (Wildman–Crippen MR) is 92.6 cm³/mol. The molecule has 2 heterocycles. The Morgan fingerprint density at radius 2 is 1.78 bits per heavy atom. The quantitative estimate of drug-likeness (QED) is 0.649. The molecule has 3 rings (SSSR count). The summed E-state index contributed by atoms with van der Waals surface area (Å²) in [5, 5.41) is 18.8. The van der Waals surface area contributed by atoms with Gasteiger partial charge in [-0.05, 0) is 30.0 Å². The van der Waals surface area contributed by atoms with E-state index in [4.69, 9.17) is 4.42 Å². The molecule has 0 bridgehead atoms. The molecule has 7 heteroatoms. The SMILES string of the molecule is Cc1nnc(CSc2nnc(-c3ccc(C(C)(C)C)cc3)o2)s1. The Morgan fingerprint density at radius 1 is 1.04 bits per heavy atom. The molecule has 0 aliphatic heterocycles. The van der Waals surface area contributed by atoms with E-state index in [9.17, 15) is 0 Å². The number of hydrogen-bond donors (Lipinski definition) is 0. The second-order valence-corrected chi connectivity index (χ2v) is 8.40. The molecule has 0 aliphatic carbocycles. The molecule has 0 N–H and O–H groups in total. The Bertz CT molecular complexity index is 787. The monoisotopic (exact) mass is 346 g/mol. The molecule has 0 saturated heterocycles. The molecule has 0 atom stereocenters. The maximum atomic E-state index is 5.72. The normalized spacial score (nSPS) is 11.8. The molecular weight excluding hydrogens is 328 g/mol. The van der Waals surface area contributed by atoms with E-state index in [1.807, 2.05) is 19.1 Å². The number of thioether (sulfide) groups is 1. The van der Waals surface area contributed by atoms with Crippen molar-refractivity contribution in [1.29, 1.82) is 0 Å². The minimum atomic E-state index is 0.133. The second kappa shape index (κ2) is 6.41. The van der Waals surface area contributed by atoms with Crippen LogP contribution in [0.25, 0.3) is 11.5 Å². The Kier molecular flexibility index (Phi) is 4.50. The highest BCUT2D eigenvalue weighted by Gasteiger charge is 2.15. The number of aromatic nitrogens is 4. The average Bonchev–Trinajstić information content (AvgIpc) is 3.13. The van der Waals surface area contributed by atoms with Crippen LogP contribution in [0.4, 0.5) is 0 Å². The van der Waals surface area contributed by atoms with E-state index in [2.05, 4.69) is 53.3 Å². The van der Waals surface area contributed by atoms with Gasteiger partial charge in [-0.25, -0.2) is 0 Å². The molecule has 0 fully saturated rings. The van der Waals surface area contributed by atoms with Gasteiger partial charge in [0, 0.05) is 5.56 Å². The molecule has 2 aromatic heterocycles. The van der Waals surface area contributed by atoms with Gasteiger partial charge in [0.15, 0.2) is 0 Å². The Morgan fingerprint density at radius 3 is 2.39 bits per heavy atom. The molecule has 0 radical (unpaired) electrons. The van der Waals surface area contributed by atoms with Crippen molar-refractivity contribution in [1.82, 2.24) is 20.4 Å². The third-order valence-corrected chi connectivity index (χ3v) is 5.14. The number of benzene rings is 1. The van der Waals surface area contributed by atoms with Gasteiger partial charge >= 0.3 is 0 Å². The van der Waals surface area contributed by atoms with Crippen molar-refractivity contribution < 1.29 is 4.42 Å². The Balaban J connectivity index is 1.69. The highest BCUT2D eigenvalue weighted by molar-refractivity contribution is 7.98. The standard InChI is InChI=1S/C16H18N4OS2/c1-10-17-18-13(23-10)9-22-15-20-19-14(21-15)11-5-7-12(8-6-11)16(2,3)4/h5-8H,9H2,1-4H3. The fourth-order valence-electron chi connectivity index (χ4n) is 2.02. The molecule has 0 spiro atoms. The van der Waals surface area contributed by atoms with Crippen LogP contribution in [-0.4, -0.2) is 20.4 Å². The van der Waals surface area contributed by atoms with Gasteiger partial charge in [0.25, 0.3) is 5.22 Å². The highest BCUT2D eigenvalue weighted by Crippen LogP contribution is 2.28. The first-order valence-electron chi connectivity index (χ1n) is 7.28. The lowest BCUT2D eigenvalue weighted by Crippen LogP contribution is -2.10. The van der Waals surface area contributed by atoms with Crippen LogP contribution in [0.15, 0.2) is 33.9 Å². The fraction of sp³-hybridized carbons (Fsp3) is 0.375. The zero-order valence-electron chi connectivity index (χ0n) is 13.5. The summed E-state index contributed by atoms with van der Waals surface area (Å²) in [5.74, 6) is 1.23. The molecule has 3 aromatic rings. The minimum Gasteiger partial charge on any atom is -0.411 e. The van der Waals surface area contributed by atoms with Gasteiger partial charge in [-0.15, -0.1) is 31.7 Å². The average molecular weight is 346 g/mol. The summed E-state index contributed by atoms with van der Waals surface area (Å²) in [5.41, 5.74) is 2.35. The van der Waals surface area contributed by atoms with E-state index in [-0.39, 0.29) is 5.41 Å². The first-order valence-corrected chi connectivity index (χ1v) is 9.08. The van der Waals surface area contributed by atoms with Gasteiger partial charge < -0.3 is 4.42 Å². The zero-order chi connectivity index (χ0) is 16.4. The van der Waals surface area contributed by atoms with E-state index >= 15 is 0 Å². The summed E-state index contributed by atoms with van der Waals surface area (Å²) in [4.78, 5) is 0. The van der Waals surface area contributed by atoms with Crippen LogP contribution in [0.2, 0.25) is 0 Å². The van der Waals surface area contributed by atoms with E-state index in [1.54, 1.807) is 11.3 Å². The number of hydrogen-bond acceptors (Lipinski definition) is 7. The maximum Gasteiger partial charge on any atom is 0.277 e. The van der Waals surface area contributed by atoms with Crippen molar-refractivity contribution >= 4 is 23.1 Å². The van der Waals surface area contributed by atoms with E-state index in [1.165, 1.54) is 17.3 Å². The van der Waals surface area contributed by atoms with Crippen molar-refractivity contribution in [2.24, 2.45) is 0 Å². The van der Waals surface area contributed by atoms with Crippen LogP contribution >= 0.6 is 23.1 Å². The summed E-state index contributed by atoms with van der Waals surface area (Å²) in [6.07, 6.45) is 0. The van der Waals surface area contributed by atoms with E-state index in [0.29, 0.717) is 16.9 Å². The molecule has 0 amide bonds. The first-order chi connectivity index (χ1) is 10.9. The lowest BCUT2D eigenvalue weighted by molar-refractivity contribution is 0.465. The Labute approximate surface area is 143 Å². The third kappa shape index (κ3) is 3.97. The number of rotatable bonds is 4. The zero-order valence-corrected chi connectivity index (χ0v) is 15.2. The van der Waals surface area contributed by atoms with E-state index in [0.717, 1.165) is 15.6 Å². The summed E-state index contributed by atoms with van der Waals surface area (Å²) in [6.45, 7) is 8.52. The lowest BCUT2D eigenvalue weighted by Gasteiger charge is -2.18. The second-order valence-electron chi connectivity index (χ2n) is 6.20. The van der Waals surface area contributed by atoms with Gasteiger partial charge in [0.2, 0.25) is 5.89 Å². The summed E-state index contributed by atoms with van der Waals surface area (Å²) in [7, 11) is 0. The van der Waals surface area contributed by atoms with Crippen molar-refractivity contribution in [3.8, 4) is 11.5 Å². The topological polar surface area (TPSA) is 64.7 Å². The van der Waals surface area contributed by atoms with Crippen LogP contribution in [0.5, 0.6) is 0 Å². The fourth-order valence-corrected chi connectivity index (χ4v) is 3.47. The summed E-state index contributed by atoms with van der Waals surface area (Å²) >= 11 is 3.06. The van der Waals surface area contributed by atoms with Crippen molar-refractivity contribution in [2.75, 3.05) is 0 Å². The van der Waals surface area contributed by atoms with Crippen molar-refractivity contribution in [2.45, 2.75) is 44.1 Å². The minimum absolute atomic E-state index is 0.133. The van der Waals surface area contributed by atoms with Gasteiger partial charge in [0.1, 0.15) is 10.0 Å². The molecule has 1 aromatic carbocycles. The lowest BCUT2D eigenvalue weighted by atomic mass is 9.87. The summed E-state index contributed by atoms with van der Waals surface area (Å²) in [6, 6.07) is 8.26. The molecule has 0 unspecified atom stereocenters. The number of nitrogens with zero attached hydrogens (tertiary/aromatic N) is 4. The van der Waals surface area contributed by atoms with Gasteiger partial charge in [-0.1, -0.05) is 44.7 Å². The summed E-state index contributed by atoms with van der Waals surface area (Å²) < 4.78 is 5.72. The van der Waals surface area contributed by atoms with Gasteiger partial charge in [-0.2, -0.15) is 0 Å². The van der Waals surface area contributed by atoms with Crippen LogP contribution in [0.1, 0.15) is 36.3 Å². The maximum absolute atomic E-state index is 5.72. The highest BCUT2D eigenvalue weighted by atomic mass is 32.2. The molecule has 0 saturated carbocycles. The van der Waals surface area contributed by atoms with Crippen LogP contribution in [-0.2, 0) is 11.2 Å². The molecular formula is C16H18N4OS2. The van der Waals surface area contributed by atoms with Crippen molar-refractivity contribution in [3.05, 3.63) is 39.8 Å². The van der Waals surface area contributed by atoms with Crippen LogP contribution in [0, 0.1) is 6.92 Å². The molecule has 0 aliphatic rings. The first kappa shape index (κ1) is 16.1. The molecule has 120 valence electrons. The van der Waals surface area contributed by atoms with Crippen LogP contribution in [0.3, 0.4) is 0 Å². The Hall–Kier alpha value is -1.73. The smallest absolute Gasteiger partial charge is 0.277 e. The largest absolute Gasteiger partial charge is 0.411 e.